The normalized spacial score (nSPS) is 22.4. The van der Waals surface area contributed by atoms with Gasteiger partial charge in [0.25, 0.3) is 5.91 Å². The Bertz CT molecular complexity index is 1490. The number of hydrogen-bond acceptors (Lipinski definition) is 6. The van der Waals surface area contributed by atoms with Gasteiger partial charge in [-0.2, -0.15) is 0 Å². The van der Waals surface area contributed by atoms with Crippen molar-refractivity contribution in [1.82, 2.24) is 15.2 Å². The van der Waals surface area contributed by atoms with Gasteiger partial charge in [0.05, 0.1) is 48.3 Å². The molecule has 0 saturated carbocycles. The standard InChI is InChI=1S/C28H29ClFN5O3/c1-5-15-23(24-18(30)7-6-8-22(24)38-4)17(29)9-16-25(15)32-11-20-26(16)35-12-14(2)34(27(36)19-10-31-19)13-21(35)28(37)33(20)3/h6-9,11,14,19,21,31H,5,10,12-13H2,1-4H3/t14-,19+,21-/m1/s1. The molecular weight excluding hydrogens is 509 g/mol. The second kappa shape index (κ2) is 9.10. The lowest BCUT2D eigenvalue weighted by molar-refractivity contribution is -0.134. The van der Waals surface area contributed by atoms with Crippen molar-refractivity contribution in [2.24, 2.45) is 0 Å². The molecule has 2 amide bonds. The predicted molar refractivity (Wildman–Crippen MR) is 146 cm³/mol. The van der Waals surface area contributed by atoms with Gasteiger partial charge in [0.1, 0.15) is 17.6 Å². The average molecular weight is 538 g/mol. The van der Waals surface area contributed by atoms with Gasteiger partial charge in [-0.15, -0.1) is 0 Å². The summed E-state index contributed by atoms with van der Waals surface area (Å²) < 4.78 is 20.7. The van der Waals surface area contributed by atoms with Crippen LogP contribution >= 0.6 is 11.6 Å². The number of methoxy groups -OCH3 is 1. The fourth-order valence-electron chi connectivity index (χ4n) is 5.94. The Kier molecular flexibility index (Phi) is 5.96. The number of pyridine rings is 1. The quantitative estimate of drug-likeness (QED) is 0.512. The van der Waals surface area contributed by atoms with E-state index in [2.05, 4.69) is 10.2 Å². The first-order valence-electron chi connectivity index (χ1n) is 12.8. The first-order chi connectivity index (χ1) is 18.3. The summed E-state index contributed by atoms with van der Waals surface area (Å²) in [7, 11) is 3.24. The second-order valence-electron chi connectivity index (χ2n) is 10.1. The van der Waals surface area contributed by atoms with E-state index in [0.29, 0.717) is 59.2 Å². The molecule has 0 radical (unpaired) electrons. The Morgan fingerprint density at radius 2 is 2.05 bits per heavy atom. The topological polar surface area (TPSA) is 87.9 Å². The average Bonchev–Trinajstić information content (AvgIpc) is 3.75. The number of hydrogen-bond donors (Lipinski definition) is 1. The number of fused-ring (bicyclic) bond motifs is 5. The molecule has 2 aromatic carbocycles. The number of nitrogens with one attached hydrogen (secondary N) is 1. The third-order valence-electron chi connectivity index (χ3n) is 7.96. The highest BCUT2D eigenvalue weighted by Crippen LogP contribution is 2.48. The molecule has 1 aromatic heterocycles. The number of nitrogens with zero attached hydrogens (tertiary/aromatic N) is 4. The van der Waals surface area contributed by atoms with Crippen molar-refractivity contribution < 1.29 is 18.7 Å². The van der Waals surface area contributed by atoms with Crippen LogP contribution in [0.3, 0.4) is 0 Å². The van der Waals surface area contributed by atoms with Gasteiger partial charge in [-0.1, -0.05) is 24.6 Å². The molecule has 198 valence electrons. The molecule has 10 heteroatoms. The zero-order valence-corrected chi connectivity index (χ0v) is 22.5. The fraction of sp³-hybridized carbons (Fsp3) is 0.393. The van der Waals surface area contributed by atoms with E-state index in [-0.39, 0.29) is 23.9 Å². The van der Waals surface area contributed by atoms with Crippen LogP contribution < -0.4 is 19.9 Å². The lowest BCUT2D eigenvalue weighted by atomic mass is 9.91. The summed E-state index contributed by atoms with van der Waals surface area (Å²) >= 11 is 6.93. The Morgan fingerprint density at radius 1 is 1.29 bits per heavy atom. The monoisotopic (exact) mass is 537 g/mol. The van der Waals surface area contributed by atoms with Crippen LogP contribution in [0.2, 0.25) is 5.02 Å². The van der Waals surface area contributed by atoms with Gasteiger partial charge >= 0.3 is 0 Å². The van der Waals surface area contributed by atoms with Crippen molar-refractivity contribution in [2.75, 3.05) is 43.6 Å². The van der Waals surface area contributed by atoms with Crippen molar-refractivity contribution >= 4 is 45.7 Å². The highest BCUT2D eigenvalue weighted by atomic mass is 35.5. The van der Waals surface area contributed by atoms with Gasteiger partial charge in [-0.25, -0.2) is 4.39 Å². The van der Waals surface area contributed by atoms with Crippen molar-refractivity contribution in [2.45, 2.75) is 38.4 Å². The summed E-state index contributed by atoms with van der Waals surface area (Å²) in [6, 6.07) is 5.76. The number of carbonyl (C=O) groups is 2. The molecule has 0 spiro atoms. The largest absolute Gasteiger partial charge is 0.496 e. The predicted octanol–water partition coefficient (Wildman–Crippen LogP) is 3.62. The number of halogens is 2. The summed E-state index contributed by atoms with van der Waals surface area (Å²) in [5, 5.41) is 4.25. The Morgan fingerprint density at radius 3 is 2.74 bits per heavy atom. The van der Waals surface area contributed by atoms with Crippen LogP contribution in [0, 0.1) is 5.82 Å². The second-order valence-corrected chi connectivity index (χ2v) is 10.5. The van der Waals surface area contributed by atoms with Crippen LogP contribution in [0.15, 0.2) is 30.5 Å². The van der Waals surface area contributed by atoms with Gasteiger partial charge in [0, 0.05) is 42.2 Å². The Balaban J connectivity index is 1.55. The maximum absolute atomic E-state index is 15.2. The van der Waals surface area contributed by atoms with Crippen molar-refractivity contribution in [1.29, 1.82) is 0 Å². The molecule has 2 saturated heterocycles. The van der Waals surface area contributed by atoms with Crippen LogP contribution in [0.25, 0.3) is 22.0 Å². The molecule has 8 nitrogen and oxygen atoms in total. The molecule has 0 unspecified atom stereocenters. The lowest BCUT2D eigenvalue weighted by Crippen LogP contribution is -2.66. The summed E-state index contributed by atoms with van der Waals surface area (Å²) in [4.78, 5) is 36.7. The van der Waals surface area contributed by atoms with Gasteiger partial charge in [-0.05, 0) is 37.1 Å². The first-order valence-corrected chi connectivity index (χ1v) is 13.2. The SMILES string of the molecule is CCc1c(-c2c(F)cccc2OC)c(Cl)cc2c3c(cnc12)N(C)C(=O)[C@H]1CN(C(=O)[C@@H]2CN2)[C@H](C)CN31. The smallest absolute Gasteiger partial charge is 0.251 e. The van der Waals surface area contributed by atoms with E-state index in [9.17, 15) is 9.59 Å². The number of benzene rings is 2. The summed E-state index contributed by atoms with van der Waals surface area (Å²) in [6.07, 6.45) is 2.26. The molecule has 38 heavy (non-hydrogen) atoms. The van der Waals surface area contributed by atoms with Gasteiger partial charge in [0.15, 0.2) is 0 Å². The molecule has 0 bridgehead atoms. The Hall–Kier alpha value is -3.43. The number of likely N-dealkylation sites (N-methyl/N-ethyl adjacent to an activating group) is 1. The van der Waals surface area contributed by atoms with Crippen molar-refractivity contribution in [3.05, 3.63) is 46.9 Å². The molecular formula is C28H29ClFN5O3. The molecule has 1 N–H and O–H groups in total. The number of amides is 2. The van der Waals surface area contributed by atoms with Gasteiger partial charge < -0.3 is 24.8 Å². The number of rotatable bonds is 4. The molecule has 6 rings (SSSR count). The van der Waals surface area contributed by atoms with Crippen LogP contribution in [0.5, 0.6) is 5.75 Å². The lowest BCUT2D eigenvalue weighted by Gasteiger charge is -2.50. The number of carbonyl (C=O) groups excluding carboxylic acids is 2. The Labute approximate surface area is 225 Å². The zero-order valence-electron chi connectivity index (χ0n) is 21.7. The summed E-state index contributed by atoms with van der Waals surface area (Å²) in [5.74, 6) is -0.0769. The molecule has 3 atom stereocenters. The van der Waals surface area contributed by atoms with Crippen molar-refractivity contribution in [3.8, 4) is 16.9 Å². The first kappa shape index (κ1) is 24.9. The third-order valence-corrected chi connectivity index (χ3v) is 8.26. The van der Waals surface area contributed by atoms with E-state index >= 15 is 4.39 Å². The van der Waals surface area contributed by atoms with Gasteiger partial charge in [-0.3, -0.25) is 14.6 Å². The van der Waals surface area contributed by atoms with Crippen LogP contribution in [-0.4, -0.2) is 73.6 Å². The minimum atomic E-state index is -0.521. The van der Waals surface area contributed by atoms with E-state index in [4.69, 9.17) is 21.3 Å². The summed E-state index contributed by atoms with van der Waals surface area (Å²) in [5.41, 5.74) is 3.90. The van der Waals surface area contributed by atoms with E-state index in [1.54, 1.807) is 30.3 Å². The van der Waals surface area contributed by atoms with E-state index in [0.717, 1.165) is 16.6 Å². The van der Waals surface area contributed by atoms with Crippen LogP contribution in [-0.2, 0) is 16.0 Å². The van der Waals surface area contributed by atoms with Crippen molar-refractivity contribution in [3.63, 3.8) is 0 Å². The van der Waals surface area contributed by atoms with Crippen LogP contribution in [0.1, 0.15) is 19.4 Å². The molecule has 3 aromatic rings. The molecule has 4 heterocycles. The molecule has 2 fully saturated rings. The molecule has 3 aliphatic heterocycles. The third kappa shape index (κ3) is 3.63. The highest BCUT2D eigenvalue weighted by Gasteiger charge is 2.46. The van der Waals surface area contributed by atoms with E-state index < -0.39 is 11.9 Å². The summed E-state index contributed by atoms with van der Waals surface area (Å²) in [6.45, 7) is 5.48. The highest BCUT2D eigenvalue weighted by molar-refractivity contribution is 6.35. The molecule has 3 aliphatic rings. The fourth-order valence-corrected chi connectivity index (χ4v) is 6.26. The minimum absolute atomic E-state index is 0.0396. The van der Waals surface area contributed by atoms with E-state index in [1.807, 2.05) is 24.8 Å². The number of aromatic nitrogens is 1. The van der Waals surface area contributed by atoms with Gasteiger partial charge in [0.2, 0.25) is 5.91 Å². The maximum Gasteiger partial charge on any atom is 0.251 e. The molecule has 0 aliphatic carbocycles. The zero-order chi connectivity index (χ0) is 26.9. The van der Waals surface area contributed by atoms with E-state index in [1.165, 1.54) is 13.2 Å². The number of aryl methyl sites for hydroxylation is 1. The number of ether oxygens (including phenoxy) is 1. The number of anilines is 2. The van der Waals surface area contributed by atoms with Crippen LogP contribution in [0.4, 0.5) is 15.8 Å². The number of piperazine rings is 1. The maximum atomic E-state index is 15.2. The minimum Gasteiger partial charge on any atom is -0.496 e.